The molecule has 4 aromatic rings. The van der Waals surface area contributed by atoms with E-state index in [1.165, 1.54) is 6.07 Å². The molecule has 1 aromatic heterocycles. The summed E-state index contributed by atoms with van der Waals surface area (Å²) in [6, 6.07) is 20.2. The zero-order chi connectivity index (χ0) is 22.4. The van der Waals surface area contributed by atoms with Crippen LogP contribution in [-0.2, 0) is 20.0 Å². The molecule has 0 aliphatic carbocycles. The summed E-state index contributed by atoms with van der Waals surface area (Å²) >= 11 is 0. The van der Waals surface area contributed by atoms with E-state index in [2.05, 4.69) is 11.6 Å². The van der Waals surface area contributed by atoms with E-state index in [1.54, 1.807) is 24.3 Å². The highest BCUT2D eigenvalue weighted by Crippen LogP contribution is 2.37. The Hall–Kier alpha value is -3.23. The summed E-state index contributed by atoms with van der Waals surface area (Å²) in [5.41, 5.74) is 2.77. The molecule has 0 N–H and O–H groups in total. The Labute approximate surface area is 181 Å². The molecule has 0 aliphatic heterocycles. The van der Waals surface area contributed by atoms with Crippen LogP contribution in [0.2, 0.25) is 0 Å². The van der Waals surface area contributed by atoms with Gasteiger partial charge in [0, 0.05) is 10.9 Å². The van der Waals surface area contributed by atoms with Gasteiger partial charge in [0.15, 0.2) is 0 Å². The van der Waals surface area contributed by atoms with Crippen molar-refractivity contribution in [2.75, 3.05) is 16.2 Å². The van der Waals surface area contributed by atoms with Gasteiger partial charge >= 0.3 is 0 Å². The van der Waals surface area contributed by atoms with Gasteiger partial charge in [0.25, 0.3) is 0 Å². The highest BCUT2D eigenvalue weighted by atomic mass is 32.3. The largest absolute Gasteiger partial charge is 0.248 e. The van der Waals surface area contributed by atoms with Crippen LogP contribution in [0, 0.1) is 0 Å². The number of pyridine rings is 1. The number of rotatable bonds is 5. The molecule has 0 saturated heterocycles. The number of hydrogen-bond donors (Lipinski definition) is 0. The molecule has 0 atom stereocenters. The summed E-state index contributed by atoms with van der Waals surface area (Å²) < 4.78 is 50.0. The topological polar surface area (TPSA) is 84.4 Å². The maximum Gasteiger partial charge on any atom is 0.245 e. The van der Waals surface area contributed by atoms with E-state index >= 15 is 0 Å². The van der Waals surface area contributed by atoms with Gasteiger partial charge in [-0.2, -0.15) is 3.71 Å². The van der Waals surface area contributed by atoms with Crippen molar-refractivity contribution < 1.29 is 16.8 Å². The Kier molecular flexibility index (Phi) is 5.07. The van der Waals surface area contributed by atoms with Crippen LogP contribution in [0.1, 0.15) is 5.69 Å². The van der Waals surface area contributed by atoms with Gasteiger partial charge < -0.3 is 0 Å². The predicted molar refractivity (Wildman–Crippen MR) is 127 cm³/mol. The monoisotopic (exact) mass is 452 g/mol. The molecule has 3 aromatic carbocycles. The fourth-order valence-corrected chi connectivity index (χ4v) is 6.69. The van der Waals surface area contributed by atoms with E-state index in [-0.39, 0.29) is 5.69 Å². The van der Waals surface area contributed by atoms with Gasteiger partial charge in [-0.25, -0.2) is 21.8 Å². The first kappa shape index (κ1) is 21.0. The molecule has 0 bridgehead atoms. The molecule has 1 heterocycles. The zero-order valence-corrected chi connectivity index (χ0v) is 18.6. The lowest BCUT2D eigenvalue weighted by Crippen LogP contribution is -2.35. The summed E-state index contributed by atoms with van der Waals surface area (Å²) in [5.74, 6) is 0. The molecule has 0 aliphatic rings. The molecule has 0 saturated carbocycles. The molecule has 0 radical (unpaired) electrons. The summed E-state index contributed by atoms with van der Waals surface area (Å²) in [7, 11) is -8.18. The van der Waals surface area contributed by atoms with Crippen LogP contribution >= 0.6 is 0 Å². The van der Waals surface area contributed by atoms with Gasteiger partial charge in [0.05, 0.1) is 29.4 Å². The number of hydrogen-bond acceptors (Lipinski definition) is 5. The number of aromatic nitrogens is 1. The van der Waals surface area contributed by atoms with Gasteiger partial charge in [-0.15, -0.1) is 0 Å². The van der Waals surface area contributed by atoms with Crippen LogP contribution in [0.15, 0.2) is 73.3 Å². The first-order valence-corrected chi connectivity index (χ1v) is 13.0. The number of anilines is 1. The lowest BCUT2D eigenvalue weighted by Gasteiger charge is -2.22. The number of benzene rings is 3. The van der Waals surface area contributed by atoms with Crippen LogP contribution in [0.3, 0.4) is 0 Å². The molecular weight excluding hydrogens is 432 g/mol. The third-order valence-corrected chi connectivity index (χ3v) is 8.15. The van der Waals surface area contributed by atoms with E-state index in [0.29, 0.717) is 25.9 Å². The van der Waals surface area contributed by atoms with Gasteiger partial charge in [-0.1, -0.05) is 55.1 Å². The standard InChI is InChI=1S/C23H20N2O4S2/c1-4-18-13-12-17-14-19(25(30(2,26)27)31(3,28)29)15-22(23(17)24-18)21-11-7-9-16-8-5-6-10-20(16)21/h4-15H,1H2,2-3H3. The molecule has 0 fully saturated rings. The lowest BCUT2D eigenvalue weighted by atomic mass is 9.95. The second-order valence-electron chi connectivity index (χ2n) is 7.26. The van der Waals surface area contributed by atoms with Gasteiger partial charge in [-0.3, -0.25) is 0 Å². The Morgan fingerprint density at radius 1 is 0.806 bits per heavy atom. The minimum Gasteiger partial charge on any atom is -0.248 e. The van der Waals surface area contributed by atoms with Crippen molar-refractivity contribution >= 4 is 53.5 Å². The minimum absolute atomic E-state index is 0.0357. The van der Waals surface area contributed by atoms with Crippen molar-refractivity contribution in [1.82, 2.24) is 4.98 Å². The average molecular weight is 453 g/mol. The second kappa shape index (κ2) is 7.47. The SMILES string of the molecule is C=Cc1ccc2cc(N(S(C)(=O)=O)S(C)(=O)=O)cc(-c3cccc4ccccc34)c2n1. The van der Waals surface area contributed by atoms with Crippen molar-refractivity contribution in [2.45, 2.75) is 0 Å². The first-order valence-electron chi connectivity index (χ1n) is 9.35. The van der Waals surface area contributed by atoms with Crippen LogP contribution in [0.5, 0.6) is 0 Å². The first-order chi connectivity index (χ1) is 14.6. The molecule has 31 heavy (non-hydrogen) atoms. The van der Waals surface area contributed by atoms with Crippen molar-refractivity contribution in [3.63, 3.8) is 0 Å². The van der Waals surface area contributed by atoms with Crippen molar-refractivity contribution in [3.05, 3.63) is 79.0 Å². The van der Waals surface area contributed by atoms with Gasteiger partial charge in [-0.05, 0) is 40.6 Å². The summed E-state index contributed by atoms with van der Waals surface area (Å²) in [6.45, 7) is 3.77. The number of sulfonamides is 2. The molecular formula is C23H20N2O4S2. The molecule has 0 amide bonds. The zero-order valence-electron chi connectivity index (χ0n) is 17.0. The van der Waals surface area contributed by atoms with E-state index in [4.69, 9.17) is 0 Å². The average Bonchev–Trinajstić information content (AvgIpc) is 2.70. The number of nitrogens with zero attached hydrogens (tertiary/aromatic N) is 2. The maximum absolute atomic E-state index is 12.4. The number of fused-ring (bicyclic) bond motifs is 2. The Bertz CT molecular complexity index is 1520. The molecule has 6 nitrogen and oxygen atoms in total. The molecule has 0 spiro atoms. The van der Waals surface area contributed by atoms with Crippen LogP contribution in [-0.4, -0.2) is 34.3 Å². The Morgan fingerprint density at radius 2 is 1.48 bits per heavy atom. The smallest absolute Gasteiger partial charge is 0.245 e. The van der Waals surface area contributed by atoms with E-state index in [1.807, 2.05) is 42.5 Å². The van der Waals surface area contributed by atoms with Gasteiger partial charge in [0.1, 0.15) is 0 Å². The van der Waals surface area contributed by atoms with E-state index in [9.17, 15) is 16.8 Å². The van der Waals surface area contributed by atoms with E-state index < -0.39 is 20.0 Å². The van der Waals surface area contributed by atoms with Crippen LogP contribution in [0.25, 0.3) is 38.9 Å². The van der Waals surface area contributed by atoms with E-state index in [0.717, 1.165) is 28.8 Å². The molecule has 0 unspecified atom stereocenters. The molecule has 8 heteroatoms. The predicted octanol–water partition coefficient (Wildman–Crippen LogP) is 4.42. The Morgan fingerprint density at radius 3 is 2.16 bits per heavy atom. The van der Waals surface area contributed by atoms with Crippen molar-refractivity contribution in [2.24, 2.45) is 0 Å². The quantitative estimate of drug-likeness (QED) is 0.447. The lowest BCUT2D eigenvalue weighted by molar-refractivity contribution is 0.591. The third kappa shape index (κ3) is 3.92. The third-order valence-electron chi connectivity index (χ3n) is 4.90. The van der Waals surface area contributed by atoms with Crippen LogP contribution < -0.4 is 3.71 Å². The molecule has 158 valence electrons. The molecule has 4 rings (SSSR count). The van der Waals surface area contributed by atoms with Gasteiger partial charge in [0.2, 0.25) is 20.0 Å². The summed E-state index contributed by atoms with van der Waals surface area (Å²) in [5, 5.41) is 2.56. The maximum atomic E-state index is 12.4. The van der Waals surface area contributed by atoms with Crippen molar-refractivity contribution in [3.8, 4) is 11.1 Å². The highest BCUT2D eigenvalue weighted by Gasteiger charge is 2.28. The summed E-state index contributed by atoms with van der Waals surface area (Å²) in [6.07, 6.45) is 3.36. The van der Waals surface area contributed by atoms with Crippen molar-refractivity contribution in [1.29, 1.82) is 0 Å². The minimum atomic E-state index is -4.09. The second-order valence-corrected chi connectivity index (χ2v) is 11.1. The van der Waals surface area contributed by atoms with Crippen LogP contribution in [0.4, 0.5) is 5.69 Å². The highest BCUT2D eigenvalue weighted by molar-refractivity contribution is 8.09. The Balaban J connectivity index is 2.16. The fourth-order valence-electron chi connectivity index (χ4n) is 3.75. The fraction of sp³-hybridized carbons (Fsp3) is 0.0870. The normalized spacial score (nSPS) is 12.2. The summed E-state index contributed by atoms with van der Waals surface area (Å²) in [4.78, 5) is 4.67.